The molecular weight excluding hydrogens is 315 g/mol. The Morgan fingerprint density at radius 3 is 2.57 bits per heavy atom. The molecule has 0 spiro atoms. The Morgan fingerprint density at radius 1 is 1.14 bits per heavy atom. The van der Waals surface area contributed by atoms with Gasteiger partial charge in [0.25, 0.3) is 0 Å². The molecule has 0 radical (unpaired) electrons. The fraction of sp³-hybridized carbons (Fsp3) is 0.286. The van der Waals surface area contributed by atoms with Crippen LogP contribution >= 0.6 is 23.2 Å². The highest BCUT2D eigenvalue weighted by atomic mass is 35.5. The number of methoxy groups -OCH3 is 2. The summed E-state index contributed by atoms with van der Waals surface area (Å²) in [5.74, 6) is 0.393. The van der Waals surface area contributed by atoms with Crippen LogP contribution in [0.2, 0.25) is 10.0 Å². The van der Waals surface area contributed by atoms with Crippen molar-refractivity contribution >= 4 is 23.2 Å². The van der Waals surface area contributed by atoms with Crippen molar-refractivity contribution in [3.05, 3.63) is 51.9 Å². The molecule has 0 amide bonds. The molecule has 1 aromatic carbocycles. The maximum Gasteiger partial charge on any atom is 0.225 e. The average molecular weight is 329 g/mol. The van der Waals surface area contributed by atoms with E-state index in [2.05, 4.69) is 9.97 Å². The molecule has 0 bridgehead atoms. The first-order chi connectivity index (χ1) is 10.2. The van der Waals surface area contributed by atoms with E-state index in [-0.39, 0.29) is 0 Å². The number of hydrogen-bond donors (Lipinski definition) is 0. The molecule has 1 heterocycles. The number of ether oxygens (including phenoxy) is 3. The minimum absolute atomic E-state index is 0.293. The summed E-state index contributed by atoms with van der Waals surface area (Å²) in [5, 5.41) is 0.981. The van der Waals surface area contributed by atoms with Crippen LogP contribution in [0.15, 0.2) is 30.7 Å². The summed E-state index contributed by atoms with van der Waals surface area (Å²) < 4.78 is 16.1. The van der Waals surface area contributed by atoms with Crippen LogP contribution in [-0.2, 0) is 16.1 Å². The summed E-state index contributed by atoms with van der Waals surface area (Å²) >= 11 is 11.8. The highest BCUT2D eigenvalue weighted by Gasteiger charge is 2.16. The molecule has 7 heteroatoms. The Labute approximate surface area is 132 Å². The first-order valence-electron chi connectivity index (χ1n) is 6.08. The average Bonchev–Trinajstić information content (AvgIpc) is 2.51. The number of nitrogens with zero attached hydrogens (tertiary/aromatic N) is 2. The van der Waals surface area contributed by atoms with Gasteiger partial charge in [-0.1, -0.05) is 29.3 Å². The fourth-order valence-electron chi connectivity index (χ4n) is 1.74. The van der Waals surface area contributed by atoms with Gasteiger partial charge in [-0.3, -0.25) is 0 Å². The predicted molar refractivity (Wildman–Crippen MR) is 79.6 cm³/mol. The third-order valence-corrected chi connectivity index (χ3v) is 3.48. The number of rotatable bonds is 6. The number of benzene rings is 1. The van der Waals surface area contributed by atoms with Crippen LogP contribution in [0.5, 0.6) is 5.88 Å². The van der Waals surface area contributed by atoms with Gasteiger partial charge < -0.3 is 14.2 Å². The molecule has 0 aliphatic rings. The highest BCUT2D eigenvalue weighted by molar-refractivity contribution is 6.42. The molecule has 0 aliphatic heterocycles. The minimum Gasteiger partial charge on any atom is -0.472 e. The van der Waals surface area contributed by atoms with Gasteiger partial charge in [0.15, 0.2) is 6.29 Å². The van der Waals surface area contributed by atoms with Gasteiger partial charge in [0, 0.05) is 20.4 Å². The van der Waals surface area contributed by atoms with Crippen LogP contribution in [0.1, 0.15) is 17.4 Å². The lowest BCUT2D eigenvalue weighted by Gasteiger charge is -2.16. The first-order valence-corrected chi connectivity index (χ1v) is 6.83. The molecule has 2 rings (SSSR count). The summed E-state index contributed by atoms with van der Waals surface area (Å²) in [4.78, 5) is 8.05. The third-order valence-electron chi connectivity index (χ3n) is 2.74. The second-order valence-electron chi connectivity index (χ2n) is 4.12. The van der Waals surface area contributed by atoms with Crippen LogP contribution in [0.25, 0.3) is 0 Å². The number of aromatic nitrogens is 2. The molecule has 0 aliphatic carbocycles. The molecule has 0 fully saturated rings. The Hall–Kier alpha value is -1.40. The van der Waals surface area contributed by atoms with E-state index in [1.807, 2.05) is 6.07 Å². The van der Waals surface area contributed by atoms with E-state index in [1.54, 1.807) is 18.3 Å². The first kappa shape index (κ1) is 16.0. The summed E-state index contributed by atoms with van der Waals surface area (Å²) in [5.41, 5.74) is 1.49. The lowest BCUT2D eigenvalue weighted by Crippen LogP contribution is -2.09. The van der Waals surface area contributed by atoms with Gasteiger partial charge in [-0.05, 0) is 17.7 Å². The lowest BCUT2D eigenvalue weighted by atomic mass is 10.2. The zero-order valence-corrected chi connectivity index (χ0v) is 13.1. The van der Waals surface area contributed by atoms with Crippen molar-refractivity contribution in [2.24, 2.45) is 0 Å². The van der Waals surface area contributed by atoms with E-state index >= 15 is 0 Å². The minimum atomic E-state index is -0.588. The van der Waals surface area contributed by atoms with E-state index in [4.69, 9.17) is 37.4 Å². The zero-order chi connectivity index (χ0) is 15.2. The summed E-state index contributed by atoms with van der Waals surface area (Å²) in [7, 11) is 3.06. The van der Waals surface area contributed by atoms with Crippen molar-refractivity contribution in [2.75, 3.05) is 14.2 Å². The van der Waals surface area contributed by atoms with E-state index in [0.29, 0.717) is 28.1 Å². The van der Waals surface area contributed by atoms with Crippen molar-refractivity contribution < 1.29 is 14.2 Å². The van der Waals surface area contributed by atoms with Crippen molar-refractivity contribution in [1.29, 1.82) is 0 Å². The van der Waals surface area contributed by atoms with Gasteiger partial charge >= 0.3 is 0 Å². The van der Waals surface area contributed by atoms with Gasteiger partial charge in [-0.15, -0.1) is 0 Å². The van der Waals surface area contributed by atoms with Crippen molar-refractivity contribution in [1.82, 2.24) is 9.97 Å². The van der Waals surface area contributed by atoms with E-state index in [1.165, 1.54) is 20.5 Å². The van der Waals surface area contributed by atoms with Gasteiger partial charge in [-0.25, -0.2) is 9.97 Å². The predicted octanol–water partition coefficient (Wildman–Crippen LogP) is 3.65. The Balaban J connectivity index is 2.14. The second-order valence-corrected chi connectivity index (χ2v) is 4.94. The molecule has 0 saturated heterocycles. The number of halogens is 2. The smallest absolute Gasteiger partial charge is 0.225 e. The maximum absolute atomic E-state index is 5.97. The quantitative estimate of drug-likeness (QED) is 0.757. The van der Waals surface area contributed by atoms with Crippen LogP contribution in [0.3, 0.4) is 0 Å². The fourth-order valence-corrected chi connectivity index (χ4v) is 2.06. The van der Waals surface area contributed by atoms with E-state index in [0.717, 1.165) is 5.56 Å². The Kier molecular flexibility index (Phi) is 5.76. The van der Waals surface area contributed by atoms with Crippen molar-refractivity contribution in [3.8, 4) is 5.88 Å². The van der Waals surface area contributed by atoms with Gasteiger partial charge in [-0.2, -0.15) is 0 Å². The van der Waals surface area contributed by atoms with Gasteiger partial charge in [0.05, 0.1) is 15.6 Å². The Bertz CT molecular complexity index is 607. The molecule has 2 aromatic rings. The van der Waals surface area contributed by atoms with E-state index < -0.39 is 6.29 Å². The standard InChI is InChI=1S/C14H14Cl2N2O3/c1-19-14(20-2)10-6-17-8-18-13(10)21-7-9-3-4-11(15)12(16)5-9/h3-6,8,14H,7H2,1-2H3. The molecule has 112 valence electrons. The zero-order valence-electron chi connectivity index (χ0n) is 11.5. The third kappa shape index (κ3) is 4.04. The monoisotopic (exact) mass is 328 g/mol. The molecule has 0 saturated carbocycles. The summed E-state index contributed by atoms with van der Waals surface area (Å²) in [6.07, 6.45) is 2.40. The van der Waals surface area contributed by atoms with Crippen LogP contribution in [0.4, 0.5) is 0 Å². The van der Waals surface area contributed by atoms with Crippen LogP contribution in [-0.4, -0.2) is 24.2 Å². The highest BCUT2D eigenvalue weighted by Crippen LogP contribution is 2.26. The Morgan fingerprint density at radius 2 is 1.90 bits per heavy atom. The lowest BCUT2D eigenvalue weighted by molar-refractivity contribution is -0.107. The van der Waals surface area contributed by atoms with Gasteiger partial charge in [0.2, 0.25) is 5.88 Å². The molecule has 5 nitrogen and oxygen atoms in total. The van der Waals surface area contributed by atoms with Crippen molar-refractivity contribution in [3.63, 3.8) is 0 Å². The van der Waals surface area contributed by atoms with Crippen LogP contribution in [0, 0.1) is 0 Å². The normalized spacial score (nSPS) is 10.9. The molecule has 0 N–H and O–H groups in total. The topological polar surface area (TPSA) is 53.5 Å². The molecule has 1 aromatic heterocycles. The molecule has 0 atom stereocenters. The molecule has 0 unspecified atom stereocenters. The SMILES string of the molecule is COC(OC)c1cncnc1OCc1ccc(Cl)c(Cl)c1. The molecular formula is C14H14Cl2N2O3. The van der Waals surface area contributed by atoms with Crippen LogP contribution < -0.4 is 4.74 Å². The van der Waals surface area contributed by atoms with E-state index in [9.17, 15) is 0 Å². The van der Waals surface area contributed by atoms with Crippen molar-refractivity contribution in [2.45, 2.75) is 12.9 Å². The summed E-state index contributed by atoms with van der Waals surface area (Å²) in [6.45, 7) is 0.293. The molecule has 21 heavy (non-hydrogen) atoms. The summed E-state index contributed by atoms with van der Waals surface area (Å²) in [6, 6.07) is 5.30. The maximum atomic E-state index is 5.97. The van der Waals surface area contributed by atoms with Gasteiger partial charge in [0.1, 0.15) is 12.9 Å². The number of hydrogen-bond acceptors (Lipinski definition) is 5. The second kappa shape index (κ2) is 7.56. The largest absolute Gasteiger partial charge is 0.472 e.